The monoisotopic (exact) mass is 300 g/mol. The highest BCUT2D eigenvalue weighted by atomic mass is 32.1. The molecule has 2 aliphatic rings. The van der Waals surface area contributed by atoms with Crippen molar-refractivity contribution >= 4 is 17.2 Å². The Kier molecular flexibility index (Phi) is 3.39. The van der Waals surface area contributed by atoms with E-state index in [2.05, 4.69) is 49.6 Å². The van der Waals surface area contributed by atoms with Crippen LogP contribution in [0.25, 0.3) is 0 Å². The predicted octanol–water partition coefficient (Wildman–Crippen LogP) is 2.70. The Morgan fingerprint density at radius 1 is 1.14 bits per heavy atom. The normalized spacial score (nSPS) is 25.5. The van der Waals surface area contributed by atoms with Crippen molar-refractivity contribution in [2.45, 2.75) is 38.4 Å². The molecule has 4 heterocycles. The van der Waals surface area contributed by atoms with Crippen LogP contribution in [0.5, 0.6) is 0 Å². The number of fused-ring (bicyclic) bond motifs is 1. The summed E-state index contributed by atoms with van der Waals surface area (Å²) in [5.74, 6) is 1.05. The second-order valence-electron chi connectivity index (χ2n) is 5.99. The predicted molar refractivity (Wildman–Crippen MR) is 85.7 cm³/mol. The van der Waals surface area contributed by atoms with Crippen LogP contribution in [0.2, 0.25) is 0 Å². The first kappa shape index (κ1) is 13.2. The fourth-order valence-electron chi connectivity index (χ4n) is 3.70. The molecule has 0 spiro atoms. The van der Waals surface area contributed by atoms with Gasteiger partial charge in [0.2, 0.25) is 0 Å². The van der Waals surface area contributed by atoms with Crippen molar-refractivity contribution in [2.75, 3.05) is 18.0 Å². The molecule has 0 saturated carbocycles. The molecule has 0 aliphatic carbocycles. The van der Waals surface area contributed by atoms with Crippen LogP contribution in [-0.4, -0.2) is 40.3 Å². The van der Waals surface area contributed by atoms with E-state index in [1.165, 1.54) is 24.3 Å². The number of anilines is 1. The maximum atomic E-state index is 4.38. The average molecular weight is 300 g/mol. The summed E-state index contributed by atoms with van der Waals surface area (Å²) >= 11 is 1.87. The van der Waals surface area contributed by atoms with Gasteiger partial charge in [-0.1, -0.05) is 6.07 Å². The minimum atomic E-state index is 0.613. The zero-order valence-corrected chi connectivity index (χ0v) is 13.1. The van der Waals surface area contributed by atoms with Gasteiger partial charge in [0.25, 0.3) is 0 Å². The van der Waals surface area contributed by atoms with Crippen molar-refractivity contribution in [3.8, 4) is 0 Å². The molecule has 0 radical (unpaired) electrons. The highest BCUT2D eigenvalue weighted by molar-refractivity contribution is 7.09. The van der Waals surface area contributed by atoms with Gasteiger partial charge < -0.3 is 4.90 Å². The molecule has 2 atom stereocenters. The molecule has 2 saturated heterocycles. The van der Waals surface area contributed by atoms with E-state index in [1.54, 1.807) is 0 Å². The number of aryl methyl sites for hydroxylation is 1. The van der Waals surface area contributed by atoms with E-state index in [4.69, 9.17) is 0 Å². The van der Waals surface area contributed by atoms with Crippen molar-refractivity contribution in [1.29, 1.82) is 0 Å². The van der Waals surface area contributed by atoms with Gasteiger partial charge in [0.1, 0.15) is 0 Å². The minimum absolute atomic E-state index is 0.613. The van der Waals surface area contributed by atoms with Crippen LogP contribution in [0.3, 0.4) is 0 Å². The summed E-state index contributed by atoms with van der Waals surface area (Å²) in [5.41, 5.74) is 0.986. The first-order chi connectivity index (χ1) is 10.3. The Balaban J connectivity index is 1.49. The lowest BCUT2D eigenvalue weighted by Crippen LogP contribution is -2.36. The van der Waals surface area contributed by atoms with E-state index in [9.17, 15) is 0 Å². The molecule has 0 N–H and O–H groups in total. The van der Waals surface area contributed by atoms with Crippen molar-refractivity contribution in [2.24, 2.45) is 0 Å². The van der Waals surface area contributed by atoms with Crippen LogP contribution < -0.4 is 4.90 Å². The van der Waals surface area contributed by atoms with Crippen LogP contribution in [-0.2, 0) is 6.54 Å². The molecule has 0 bridgehead atoms. The Hall–Kier alpha value is -1.46. The number of likely N-dealkylation sites (tertiary alicyclic amines) is 1. The third kappa shape index (κ3) is 2.45. The summed E-state index contributed by atoms with van der Waals surface area (Å²) in [5, 5.41) is 10.8. The van der Waals surface area contributed by atoms with Gasteiger partial charge in [-0.3, -0.25) is 4.90 Å². The van der Waals surface area contributed by atoms with Crippen molar-refractivity contribution < 1.29 is 0 Å². The van der Waals surface area contributed by atoms with Gasteiger partial charge >= 0.3 is 0 Å². The number of nitrogens with zero attached hydrogens (tertiary/aromatic N) is 4. The van der Waals surface area contributed by atoms with E-state index >= 15 is 0 Å². The van der Waals surface area contributed by atoms with Gasteiger partial charge in [-0.15, -0.1) is 16.4 Å². The van der Waals surface area contributed by atoms with E-state index in [0.29, 0.717) is 12.1 Å². The van der Waals surface area contributed by atoms with Crippen molar-refractivity contribution in [3.63, 3.8) is 0 Å². The largest absolute Gasteiger partial charge is 0.350 e. The lowest BCUT2D eigenvalue weighted by atomic mass is 10.1. The van der Waals surface area contributed by atoms with Gasteiger partial charge in [0.15, 0.2) is 5.82 Å². The average Bonchev–Trinajstić information content (AvgIpc) is 3.20. The topological polar surface area (TPSA) is 32.3 Å². The van der Waals surface area contributed by atoms with Gasteiger partial charge in [0.05, 0.1) is 5.69 Å². The number of hydrogen-bond acceptors (Lipinski definition) is 5. The van der Waals surface area contributed by atoms with Crippen molar-refractivity contribution in [3.05, 3.63) is 40.2 Å². The highest BCUT2D eigenvalue weighted by Gasteiger charge is 2.42. The molecule has 5 heteroatoms. The summed E-state index contributed by atoms with van der Waals surface area (Å²) in [4.78, 5) is 6.59. The number of rotatable bonds is 3. The van der Waals surface area contributed by atoms with Gasteiger partial charge in [-0.2, -0.15) is 5.10 Å². The fraction of sp³-hybridized carbons (Fsp3) is 0.500. The van der Waals surface area contributed by atoms with E-state index < -0.39 is 0 Å². The van der Waals surface area contributed by atoms with E-state index in [-0.39, 0.29) is 0 Å². The van der Waals surface area contributed by atoms with Crippen LogP contribution >= 0.6 is 11.3 Å². The van der Waals surface area contributed by atoms with Gasteiger partial charge in [-0.05, 0) is 43.3 Å². The van der Waals surface area contributed by atoms with Crippen LogP contribution in [0.15, 0.2) is 29.6 Å². The van der Waals surface area contributed by atoms with Crippen LogP contribution in [0.4, 0.5) is 5.82 Å². The SMILES string of the molecule is Cc1ccc(N2CC[C@@H]3[C@@H]2CCN3Cc2cccs2)nn1. The summed E-state index contributed by atoms with van der Waals surface area (Å²) in [6.07, 6.45) is 2.48. The fourth-order valence-corrected chi connectivity index (χ4v) is 4.43. The number of aromatic nitrogens is 2. The molecule has 2 aliphatic heterocycles. The minimum Gasteiger partial charge on any atom is -0.350 e. The molecular weight excluding hydrogens is 280 g/mol. The smallest absolute Gasteiger partial charge is 0.151 e. The van der Waals surface area contributed by atoms with Crippen molar-refractivity contribution in [1.82, 2.24) is 15.1 Å². The molecule has 21 heavy (non-hydrogen) atoms. The maximum Gasteiger partial charge on any atom is 0.151 e. The zero-order valence-electron chi connectivity index (χ0n) is 12.3. The summed E-state index contributed by atoms with van der Waals surface area (Å²) < 4.78 is 0. The van der Waals surface area contributed by atoms with E-state index in [0.717, 1.165) is 24.6 Å². The molecule has 4 rings (SSSR count). The van der Waals surface area contributed by atoms with Crippen LogP contribution in [0, 0.1) is 6.92 Å². The van der Waals surface area contributed by atoms with Gasteiger partial charge in [0, 0.05) is 36.6 Å². The Labute approximate surface area is 129 Å². The molecule has 4 nitrogen and oxygen atoms in total. The summed E-state index contributed by atoms with van der Waals surface area (Å²) in [6.45, 7) is 5.39. The maximum absolute atomic E-state index is 4.38. The Morgan fingerprint density at radius 3 is 2.81 bits per heavy atom. The molecule has 2 aromatic heterocycles. The van der Waals surface area contributed by atoms with E-state index in [1.807, 2.05) is 18.3 Å². The molecule has 0 aromatic carbocycles. The number of hydrogen-bond donors (Lipinski definition) is 0. The Morgan fingerprint density at radius 2 is 2.05 bits per heavy atom. The molecule has 0 amide bonds. The molecule has 0 unspecified atom stereocenters. The third-order valence-corrected chi connectivity index (χ3v) is 5.57. The van der Waals surface area contributed by atoms with Crippen LogP contribution in [0.1, 0.15) is 23.4 Å². The summed E-state index contributed by atoms with van der Waals surface area (Å²) in [7, 11) is 0. The quantitative estimate of drug-likeness (QED) is 0.872. The zero-order chi connectivity index (χ0) is 14.2. The first-order valence-electron chi connectivity index (χ1n) is 7.65. The standard InChI is InChI=1S/C16H20N4S/c1-12-4-5-16(18-17-12)20-9-7-14-15(20)6-8-19(14)11-13-3-2-10-21-13/h2-5,10,14-15H,6-9,11H2,1H3/t14-,15+/m1/s1. The number of thiophene rings is 1. The molecule has 2 fully saturated rings. The highest BCUT2D eigenvalue weighted by Crippen LogP contribution is 2.35. The molecule has 110 valence electrons. The second kappa shape index (κ2) is 5.39. The lowest BCUT2D eigenvalue weighted by molar-refractivity contribution is 0.248. The summed E-state index contributed by atoms with van der Waals surface area (Å²) in [6, 6.07) is 9.87. The van der Waals surface area contributed by atoms with Gasteiger partial charge in [-0.25, -0.2) is 0 Å². The third-order valence-electron chi connectivity index (χ3n) is 4.71. The molecular formula is C16H20N4S. The molecule has 2 aromatic rings. The Bertz CT molecular complexity index is 595. The lowest BCUT2D eigenvalue weighted by Gasteiger charge is -2.25. The second-order valence-corrected chi connectivity index (χ2v) is 7.02. The first-order valence-corrected chi connectivity index (χ1v) is 8.52.